The van der Waals surface area contributed by atoms with Crippen molar-refractivity contribution in [1.29, 1.82) is 0 Å². The van der Waals surface area contributed by atoms with Crippen LogP contribution in [0.2, 0.25) is 5.02 Å². The Bertz CT molecular complexity index is 855. The van der Waals surface area contributed by atoms with Crippen LogP contribution in [0, 0.1) is 0 Å². The Morgan fingerprint density at radius 3 is 2.55 bits per heavy atom. The number of rotatable bonds is 3. The van der Waals surface area contributed by atoms with Gasteiger partial charge in [0.1, 0.15) is 0 Å². The van der Waals surface area contributed by atoms with Crippen molar-refractivity contribution in [2.75, 3.05) is 5.32 Å². The van der Waals surface area contributed by atoms with E-state index >= 15 is 0 Å². The lowest BCUT2D eigenvalue weighted by Crippen LogP contribution is -2.07. The zero-order valence-electron chi connectivity index (χ0n) is 11.8. The SMILES string of the molecule is O=C(/C=C/c1ccc2ccccc2c1)Nc1cccc(Cl)c1. The number of benzene rings is 3. The fourth-order valence-electron chi connectivity index (χ4n) is 2.23. The van der Waals surface area contributed by atoms with Crippen LogP contribution in [0.3, 0.4) is 0 Å². The van der Waals surface area contributed by atoms with Gasteiger partial charge in [-0.2, -0.15) is 0 Å². The molecule has 3 aromatic carbocycles. The van der Waals surface area contributed by atoms with Crippen LogP contribution in [0.15, 0.2) is 72.8 Å². The second kappa shape index (κ2) is 6.46. The molecule has 0 aromatic heterocycles. The van der Waals surface area contributed by atoms with Crippen LogP contribution in [0.25, 0.3) is 16.8 Å². The van der Waals surface area contributed by atoms with E-state index in [1.54, 1.807) is 30.3 Å². The topological polar surface area (TPSA) is 29.1 Å². The summed E-state index contributed by atoms with van der Waals surface area (Å²) < 4.78 is 0. The summed E-state index contributed by atoms with van der Waals surface area (Å²) in [5.74, 6) is -0.185. The molecule has 0 unspecified atom stereocenters. The Balaban J connectivity index is 1.73. The highest BCUT2D eigenvalue weighted by molar-refractivity contribution is 6.30. The zero-order valence-corrected chi connectivity index (χ0v) is 12.5. The number of hydrogen-bond donors (Lipinski definition) is 1. The monoisotopic (exact) mass is 307 g/mol. The molecule has 1 N–H and O–H groups in total. The minimum Gasteiger partial charge on any atom is -0.322 e. The average molecular weight is 308 g/mol. The highest BCUT2D eigenvalue weighted by atomic mass is 35.5. The molecule has 3 heteroatoms. The normalized spacial score (nSPS) is 11.0. The van der Waals surface area contributed by atoms with E-state index in [-0.39, 0.29) is 5.91 Å². The Hall–Kier alpha value is -2.58. The molecule has 3 aromatic rings. The lowest BCUT2D eigenvalue weighted by atomic mass is 10.1. The average Bonchev–Trinajstić information content (AvgIpc) is 2.53. The first-order chi connectivity index (χ1) is 10.7. The van der Waals surface area contributed by atoms with Crippen molar-refractivity contribution in [3.05, 3.63) is 83.4 Å². The third-order valence-electron chi connectivity index (χ3n) is 3.29. The molecule has 108 valence electrons. The van der Waals surface area contributed by atoms with E-state index in [0.29, 0.717) is 10.7 Å². The van der Waals surface area contributed by atoms with Crippen molar-refractivity contribution < 1.29 is 4.79 Å². The number of fused-ring (bicyclic) bond motifs is 1. The van der Waals surface area contributed by atoms with Gasteiger partial charge in [-0.1, -0.05) is 54.1 Å². The summed E-state index contributed by atoms with van der Waals surface area (Å²) in [6.07, 6.45) is 3.32. The van der Waals surface area contributed by atoms with Crippen LogP contribution in [0.1, 0.15) is 5.56 Å². The number of amides is 1. The van der Waals surface area contributed by atoms with Crippen molar-refractivity contribution in [2.24, 2.45) is 0 Å². The van der Waals surface area contributed by atoms with Gasteiger partial charge < -0.3 is 5.32 Å². The van der Waals surface area contributed by atoms with Crippen LogP contribution in [-0.4, -0.2) is 5.91 Å². The minimum absolute atomic E-state index is 0.185. The van der Waals surface area contributed by atoms with E-state index in [1.165, 1.54) is 11.5 Å². The first-order valence-electron chi connectivity index (χ1n) is 6.94. The van der Waals surface area contributed by atoms with Crippen molar-refractivity contribution in [3.8, 4) is 0 Å². The highest BCUT2D eigenvalue weighted by Crippen LogP contribution is 2.17. The lowest BCUT2D eigenvalue weighted by molar-refractivity contribution is -0.111. The fourth-order valence-corrected chi connectivity index (χ4v) is 2.42. The van der Waals surface area contributed by atoms with Gasteiger partial charge in [0.05, 0.1) is 0 Å². The molecule has 0 radical (unpaired) electrons. The molecule has 1 amide bonds. The number of carbonyl (C=O) groups excluding carboxylic acids is 1. The van der Waals surface area contributed by atoms with Gasteiger partial charge in [-0.05, 0) is 46.7 Å². The molecular formula is C19H14ClNO. The summed E-state index contributed by atoms with van der Waals surface area (Å²) in [5.41, 5.74) is 1.67. The Morgan fingerprint density at radius 1 is 0.909 bits per heavy atom. The number of anilines is 1. The van der Waals surface area contributed by atoms with Gasteiger partial charge in [-0.15, -0.1) is 0 Å². The van der Waals surface area contributed by atoms with Gasteiger partial charge in [-0.3, -0.25) is 4.79 Å². The smallest absolute Gasteiger partial charge is 0.248 e. The summed E-state index contributed by atoms with van der Waals surface area (Å²) in [4.78, 5) is 11.9. The zero-order chi connectivity index (χ0) is 15.4. The van der Waals surface area contributed by atoms with Gasteiger partial charge in [-0.25, -0.2) is 0 Å². The van der Waals surface area contributed by atoms with Crippen molar-refractivity contribution in [1.82, 2.24) is 0 Å². The summed E-state index contributed by atoms with van der Waals surface area (Å²) in [7, 11) is 0. The summed E-state index contributed by atoms with van der Waals surface area (Å²) >= 11 is 5.89. The Kier molecular flexibility index (Phi) is 4.22. The van der Waals surface area contributed by atoms with E-state index < -0.39 is 0 Å². The van der Waals surface area contributed by atoms with Gasteiger partial charge in [0.2, 0.25) is 5.91 Å². The standard InChI is InChI=1S/C19H14ClNO/c20-17-6-3-7-18(13-17)21-19(22)11-9-14-8-10-15-4-1-2-5-16(15)12-14/h1-13H,(H,21,22)/b11-9+. The molecule has 0 fully saturated rings. The molecule has 0 spiro atoms. The van der Waals surface area contributed by atoms with Gasteiger partial charge >= 0.3 is 0 Å². The number of carbonyl (C=O) groups is 1. The summed E-state index contributed by atoms with van der Waals surface area (Å²) in [6.45, 7) is 0. The number of hydrogen-bond acceptors (Lipinski definition) is 1. The van der Waals surface area contributed by atoms with E-state index in [4.69, 9.17) is 11.6 Å². The maximum absolute atomic E-state index is 11.9. The quantitative estimate of drug-likeness (QED) is 0.666. The van der Waals surface area contributed by atoms with Gasteiger partial charge in [0, 0.05) is 16.8 Å². The molecule has 0 aliphatic heterocycles. The predicted octanol–water partition coefficient (Wildman–Crippen LogP) is 5.15. The molecule has 0 aliphatic carbocycles. The van der Waals surface area contributed by atoms with Crippen molar-refractivity contribution in [3.63, 3.8) is 0 Å². The summed E-state index contributed by atoms with van der Waals surface area (Å²) in [6, 6.07) is 21.3. The highest BCUT2D eigenvalue weighted by Gasteiger charge is 1.99. The van der Waals surface area contributed by atoms with Crippen LogP contribution < -0.4 is 5.32 Å². The maximum atomic E-state index is 11.9. The molecule has 0 heterocycles. The molecule has 3 rings (SSSR count). The minimum atomic E-state index is -0.185. The predicted molar refractivity (Wildman–Crippen MR) is 93.1 cm³/mol. The van der Waals surface area contributed by atoms with Gasteiger partial charge in [0.15, 0.2) is 0 Å². The molecule has 0 atom stereocenters. The Labute approximate surface area is 134 Å². The van der Waals surface area contributed by atoms with E-state index in [1.807, 2.05) is 24.3 Å². The molecule has 22 heavy (non-hydrogen) atoms. The fraction of sp³-hybridized carbons (Fsp3) is 0. The Morgan fingerprint density at radius 2 is 1.73 bits per heavy atom. The van der Waals surface area contributed by atoms with Gasteiger partial charge in [0.25, 0.3) is 0 Å². The summed E-state index contributed by atoms with van der Waals surface area (Å²) in [5, 5.41) is 5.71. The van der Waals surface area contributed by atoms with Crippen LogP contribution in [0.4, 0.5) is 5.69 Å². The number of halogens is 1. The third-order valence-corrected chi connectivity index (χ3v) is 3.53. The maximum Gasteiger partial charge on any atom is 0.248 e. The van der Waals surface area contributed by atoms with E-state index in [2.05, 4.69) is 23.5 Å². The first kappa shape index (κ1) is 14.4. The molecule has 0 saturated heterocycles. The first-order valence-corrected chi connectivity index (χ1v) is 7.32. The van der Waals surface area contributed by atoms with Crippen molar-refractivity contribution in [2.45, 2.75) is 0 Å². The molecule has 0 aliphatic rings. The largest absolute Gasteiger partial charge is 0.322 e. The second-order valence-electron chi connectivity index (χ2n) is 4.94. The van der Waals surface area contributed by atoms with E-state index in [9.17, 15) is 4.79 Å². The molecule has 0 bridgehead atoms. The third kappa shape index (κ3) is 3.54. The molecular weight excluding hydrogens is 294 g/mol. The molecule has 0 saturated carbocycles. The van der Waals surface area contributed by atoms with Crippen LogP contribution in [-0.2, 0) is 4.79 Å². The van der Waals surface area contributed by atoms with Crippen LogP contribution >= 0.6 is 11.6 Å². The second-order valence-corrected chi connectivity index (χ2v) is 5.38. The van der Waals surface area contributed by atoms with Crippen molar-refractivity contribution >= 4 is 40.0 Å². The van der Waals surface area contributed by atoms with Crippen LogP contribution in [0.5, 0.6) is 0 Å². The van der Waals surface area contributed by atoms with E-state index in [0.717, 1.165) is 10.9 Å². The number of nitrogens with one attached hydrogen (secondary N) is 1. The molecule has 2 nitrogen and oxygen atoms in total. The lowest BCUT2D eigenvalue weighted by Gasteiger charge is -2.02.